The van der Waals surface area contributed by atoms with Gasteiger partial charge in [-0.15, -0.1) is 0 Å². The Kier molecular flexibility index (Phi) is 5.12. The van der Waals surface area contributed by atoms with Gasteiger partial charge in [-0.05, 0) is 46.9 Å². The third-order valence-electron chi connectivity index (χ3n) is 2.56. The van der Waals surface area contributed by atoms with E-state index in [2.05, 4.69) is 33.2 Å². The van der Waals surface area contributed by atoms with Gasteiger partial charge < -0.3 is 10.6 Å². The van der Waals surface area contributed by atoms with Gasteiger partial charge in [-0.1, -0.05) is 0 Å². The molecule has 92 valence electrons. The second-order valence-electron chi connectivity index (χ2n) is 3.99. The fraction of sp³-hybridized carbons (Fsp3) is 0.417. The van der Waals surface area contributed by atoms with E-state index in [1.54, 1.807) is 0 Å². The van der Waals surface area contributed by atoms with Crippen molar-refractivity contribution in [3.05, 3.63) is 27.8 Å². The van der Waals surface area contributed by atoms with Gasteiger partial charge in [-0.3, -0.25) is 4.79 Å². The molecule has 0 spiro atoms. The molecule has 0 bridgehead atoms. The molecular weight excluding hydrogens is 347 g/mol. The molecule has 1 amide bonds. The average molecular weight is 362 g/mol. The Morgan fingerprint density at radius 3 is 2.88 bits per heavy atom. The molecule has 1 aromatic carbocycles. The molecule has 1 aliphatic heterocycles. The monoisotopic (exact) mass is 362 g/mol. The lowest BCUT2D eigenvalue weighted by Crippen LogP contribution is -2.39. The van der Waals surface area contributed by atoms with Crippen LogP contribution in [0.4, 0.5) is 5.69 Å². The minimum absolute atomic E-state index is 0.0891. The molecule has 0 radical (unpaired) electrons. The molecule has 1 fully saturated rings. The first-order valence-corrected chi connectivity index (χ1v) is 7.84. The second kappa shape index (κ2) is 6.61. The maximum atomic E-state index is 11.8. The van der Waals surface area contributed by atoms with Crippen molar-refractivity contribution in [2.75, 3.05) is 23.4 Å². The van der Waals surface area contributed by atoms with E-state index in [0.29, 0.717) is 12.5 Å². The van der Waals surface area contributed by atoms with Crippen LogP contribution in [-0.2, 0) is 4.79 Å². The summed E-state index contributed by atoms with van der Waals surface area (Å²) in [5, 5.41) is 6.29. The van der Waals surface area contributed by atoms with E-state index in [1.165, 1.54) is 3.57 Å². The number of anilines is 1. The summed E-state index contributed by atoms with van der Waals surface area (Å²) in [7, 11) is 0. The van der Waals surface area contributed by atoms with E-state index in [-0.39, 0.29) is 5.91 Å². The highest BCUT2D eigenvalue weighted by molar-refractivity contribution is 14.1. The predicted octanol–water partition coefficient (Wildman–Crippen LogP) is 2.32. The zero-order chi connectivity index (χ0) is 12.1. The van der Waals surface area contributed by atoms with Crippen molar-refractivity contribution in [1.29, 1.82) is 0 Å². The first-order chi connectivity index (χ1) is 8.24. The fourth-order valence-corrected chi connectivity index (χ4v) is 3.03. The Morgan fingerprint density at radius 1 is 1.47 bits per heavy atom. The molecular formula is C12H15IN2OS. The summed E-state index contributed by atoms with van der Waals surface area (Å²) in [6, 6.07) is 8.17. The maximum absolute atomic E-state index is 11.8. The minimum atomic E-state index is 0.0891. The number of carbonyl (C=O) groups excluding carboxylic acids is 1. The van der Waals surface area contributed by atoms with Gasteiger partial charge in [0.25, 0.3) is 0 Å². The zero-order valence-electron chi connectivity index (χ0n) is 9.41. The average Bonchev–Trinajstić information content (AvgIpc) is 2.33. The third-order valence-corrected chi connectivity index (χ3v) is 4.41. The molecule has 2 rings (SSSR count). The Labute approximate surface area is 119 Å². The van der Waals surface area contributed by atoms with Crippen LogP contribution in [0.2, 0.25) is 0 Å². The number of benzene rings is 1. The van der Waals surface area contributed by atoms with Crippen molar-refractivity contribution >= 4 is 45.9 Å². The van der Waals surface area contributed by atoms with Gasteiger partial charge in [-0.2, -0.15) is 11.8 Å². The molecule has 1 atom stereocenters. The van der Waals surface area contributed by atoms with E-state index in [9.17, 15) is 4.79 Å². The van der Waals surface area contributed by atoms with Crippen LogP contribution < -0.4 is 10.6 Å². The van der Waals surface area contributed by atoms with E-state index in [4.69, 9.17) is 0 Å². The number of amides is 1. The summed E-state index contributed by atoms with van der Waals surface area (Å²) in [6.07, 6.45) is 0.555. The van der Waals surface area contributed by atoms with Crippen LogP contribution in [0.3, 0.4) is 0 Å². The molecule has 0 aliphatic carbocycles. The van der Waals surface area contributed by atoms with Gasteiger partial charge in [0.2, 0.25) is 5.91 Å². The first-order valence-electron chi connectivity index (χ1n) is 5.60. The maximum Gasteiger partial charge on any atom is 0.225 e. The van der Waals surface area contributed by atoms with Crippen LogP contribution in [0, 0.1) is 3.57 Å². The second-order valence-corrected chi connectivity index (χ2v) is 6.38. The molecule has 5 heteroatoms. The number of rotatable bonds is 3. The van der Waals surface area contributed by atoms with Crippen molar-refractivity contribution in [3.63, 3.8) is 0 Å². The van der Waals surface area contributed by atoms with Gasteiger partial charge in [0.1, 0.15) is 0 Å². The van der Waals surface area contributed by atoms with Crippen molar-refractivity contribution in [2.24, 2.45) is 0 Å². The van der Waals surface area contributed by atoms with Crippen LogP contribution in [-0.4, -0.2) is 30.0 Å². The summed E-state index contributed by atoms with van der Waals surface area (Å²) in [5.74, 6) is 2.27. The fourth-order valence-electron chi connectivity index (χ4n) is 1.72. The largest absolute Gasteiger partial charge is 0.326 e. The molecule has 0 saturated carbocycles. The molecule has 1 aromatic rings. The van der Waals surface area contributed by atoms with Crippen molar-refractivity contribution < 1.29 is 4.79 Å². The summed E-state index contributed by atoms with van der Waals surface area (Å²) in [6.45, 7) is 1.01. The number of carbonyl (C=O) groups is 1. The predicted molar refractivity (Wildman–Crippen MR) is 81.5 cm³/mol. The number of nitrogens with one attached hydrogen (secondary N) is 2. The lowest BCUT2D eigenvalue weighted by Gasteiger charge is -2.22. The van der Waals surface area contributed by atoms with E-state index < -0.39 is 0 Å². The Bertz CT molecular complexity index is 377. The Hall–Kier alpha value is -0.270. The highest BCUT2D eigenvalue weighted by Gasteiger charge is 2.16. The smallest absolute Gasteiger partial charge is 0.225 e. The summed E-state index contributed by atoms with van der Waals surface area (Å²) < 4.78 is 1.17. The van der Waals surface area contributed by atoms with Gasteiger partial charge in [0.15, 0.2) is 0 Å². The first kappa shape index (κ1) is 13.2. The van der Waals surface area contributed by atoms with Gasteiger partial charge in [0, 0.05) is 39.8 Å². The summed E-state index contributed by atoms with van der Waals surface area (Å²) in [4.78, 5) is 11.8. The molecule has 1 saturated heterocycles. The zero-order valence-corrected chi connectivity index (χ0v) is 12.4. The minimum Gasteiger partial charge on any atom is -0.326 e. The highest BCUT2D eigenvalue weighted by Crippen LogP contribution is 2.13. The normalized spacial score (nSPS) is 19.9. The quantitative estimate of drug-likeness (QED) is 0.811. The molecule has 1 aliphatic rings. The number of halogens is 1. The Balaban J connectivity index is 1.82. The highest BCUT2D eigenvalue weighted by atomic mass is 127. The van der Waals surface area contributed by atoms with Gasteiger partial charge >= 0.3 is 0 Å². The van der Waals surface area contributed by atoms with E-state index in [0.717, 1.165) is 23.7 Å². The standard InChI is InChI=1S/C12H15IN2OS/c13-9-1-3-10(4-2-9)15-12(16)7-11-8-17-6-5-14-11/h1-4,11,14H,5-8H2,(H,15,16). The molecule has 1 unspecified atom stereocenters. The molecule has 0 aromatic heterocycles. The van der Waals surface area contributed by atoms with E-state index in [1.807, 2.05) is 36.0 Å². The number of thioether (sulfide) groups is 1. The van der Waals surface area contributed by atoms with Crippen LogP contribution in [0.5, 0.6) is 0 Å². The van der Waals surface area contributed by atoms with Gasteiger partial charge in [0.05, 0.1) is 0 Å². The summed E-state index contributed by atoms with van der Waals surface area (Å²) >= 11 is 4.16. The molecule has 3 nitrogen and oxygen atoms in total. The van der Waals surface area contributed by atoms with Crippen LogP contribution in [0.25, 0.3) is 0 Å². The van der Waals surface area contributed by atoms with Gasteiger partial charge in [-0.25, -0.2) is 0 Å². The lowest BCUT2D eigenvalue weighted by molar-refractivity contribution is -0.116. The van der Waals surface area contributed by atoms with E-state index >= 15 is 0 Å². The molecule has 1 heterocycles. The topological polar surface area (TPSA) is 41.1 Å². The Morgan fingerprint density at radius 2 is 2.24 bits per heavy atom. The summed E-state index contributed by atoms with van der Waals surface area (Å²) in [5.41, 5.74) is 0.874. The van der Waals surface area contributed by atoms with Crippen LogP contribution >= 0.6 is 34.4 Å². The SMILES string of the molecule is O=C(CC1CSCCN1)Nc1ccc(I)cc1. The van der Waals surface area contributed by atoms with Crippen molar-refractivity contribution in [2.45, 2.75) is 12.5 Å². The number of hydrogen-bond donors (Lipinski definition) is 2. The molecule has 17 heavy (non-hydrogen) atoms. The number of hydrogen-bond acceptors (Lipinski definition) is 3. The lowest BCUT2D eigenvalue weighted by atomic mass is 10.2. The van der Waals surface area contributed by atoms with Crippen molar-refractivity contribution in [3.8, 4) is 0 Å². The molecule has 2 N–H and O–H groups in total. The van der Waals surface area contributed by atoms with Crippen molar-refractivity contribution in [1.82, 2.24) is 5.32 Å². The third kappa shape index (κ3) is 4.48. The van der Waals surface area contributed by atoms with Crippen LogP contribution in [0.1, 0.15) is 6.42 Å². The van der Waals surface area contributed by atoms with Crippen LogP contribution in [0.15, 0.2) is 24.3 Å².